The number of carbonyl (C=O) groups excluding carboxylic acids is 2. The Kier molecular flexibility index (Phi) is 8.14. The molecule has 0 aliphatic carbocycles. The van der Waals surface area contributed by atoms with Crippen LogP contribution < -0.4 is 10.6 Å². The van der Waals surface area contributed by atoms with E-state index in [0.717, 1.165) is 12.0 Å². The molecule has 3 rings (SSSR count). The topological polar surface area (TPSA) is 113 Å². The van der Waals surface area contributed by atoms with Gasteiger partial charge < -0.3 is 10.6 Å². The molecule has 0 saturated carbocycles. The zero-order valence-electron chi connectivity index (χ0n) is 20.6. The van der Waals surface area contributed by atoms with Gasteiger partial charge in [0, 0.05) is 30.7 Å². The third-order valence-corrected chi connectivity index (χ3v) is 8.52. The van der Waals surface area contributed by atoms with Crippen molar-refractivity contribution in [2.45, 2.75) is 71.4 Å². The number of nitrogens with one attached hydrogen (secondary N) is 2. The van der Waals surface area contributed by atoms with Crippen molar-refractivity contribution in [2.75, 3.05) is 18.4 Å². The summed E-state index contributed by atoms with van der Waals surface area (Å²) in [5.74, 6) is -0.478. The fourth-order valence-corrected chi connectivity index (χ4v) is 5.97. The number of aromatic nitrogens is 2. The van der Waals surface area contributed by atoms with Crippen molar-refractivity contribution in [3.63, 3.8) is 0 Å². The van der Waals surface area contributed by atoms with Gasteiger partial charge in [0.05, 0.1) is 11.4 Å². The number of sulfonamides is 1. The Morgan fingerprint density at radius 2 is 1.74 bits per heavy atom. The van der Waals surface area contributed by atoms with Gasteiger partial charge in [0.25, 0.3) is 0 Å². The van der Waals surface area contributed by atoms with Crippen LogP contribution >= 0.6 is 0 Å². The Labute approximate surface area is 202 Å². The molecule has 1 aromatic heterocycles. The summed E-state index contributed by atoms with van der Waals surface area (Å²) in [7, 11) is -3.79. The summed E-state index contributed by atoms with van der Waals surface area (Å²) in [4.78, 5) is 25.1. The Bertz CT molecular complexity index is 1130. The number of hydrogen-bond donors (Lipinski definition) is 2. The van der Waals surface area contributed by atoms with E-state index in [-0.39, 0.29) is 48.3 Å². The van der Waals surface area contributed by atoms with Gasteiger partial charge in [-0.25, -0.2) is 8.42 Å². The fourth-order valence-electron chi connectivity index (χ4n) is 4.13. The largest absolute Gasteiger partial charge is 0.353 e. The fraction of sp³-hybridized carbons (Fsp3) is 0.542. The second-order valence-corrected chi connectivity index (χ2v) is 10.9. The van der Waals surface area contributed by atoms with E-state index < -0.39 is 10.0 Å². The molecule has 2 amide bonds. The van der Waals surface area contributed by atoms with Crippen LogP contribution in [0.1, 0.15) is 50.1 Å². The van der Waals surface area contributed by atoms with E-state index in [1.54, 1.807) is 13.8 Å². The van der Waals surface area contributed by atoms with Crippen LogP contribution in [0.4, 0.5) is 5.69 Å². The van der Waals surface area contributed by atoms with Crippen molar-refractivity contribution >= 4 is 27.5 Å². The van der Waals surface area contributed by atoms with E-state index in [9.17, 15) is 18.0 Å². The molecule has 1 atom stereocenters. The van der Waals surface area contributed by atoms with Crippen molar-refractivity contribution in [2.24, 2.45) is 5.92 Å². The minimum absolute atomic E-state index is 0.00818. The van der Waals surface area contributed by atoms with E-state index in [1.165, 1.54) is 8.99 Å². The smallest absolute Gasteiger partial charge is 0.246 e. The third kappa shape index (κ3) is 5.85. The van der Waals surface area contributed by atoms with Crippen molar-refractivity contribution in [3.05, 3.63) is 41.2 Å². The van der Waals surface area contributed by atoms with Crippen LogP contribution in [0, 0.1) is 26.7 Å². The van der Waals surface area contributed by atoms with E-state index in [1.807, 2.05) is 45.0 Å². The summed E-state index contributed by atoms with van der Waals surface area (Å²) in [5.41, 5.74) is 2.54. The second-order valence-electron chi connectivity index (χ2n) is 9.07. The average molecular weight is 490 g/mol. The lowest BCUT2D eigenvalue weighted by atomic mass is 9.97. The molecular weight excluding hydrogens is 454 g/mol. The molecule has 9 nitrogen and oxygen atoms in total. The van der Waals surface area contributed by atoms with Gasteiger partial charge in [0.2, 0.25) is 21.8 Å². The summed E-state index contributed by atoms with van der Waals surface area (Å²) in [6.45, 7) is 9.71. The minimum atomic E-state index is -3.79. The minimum Gasteiger partial charge on any atom is -0.353 e. The number of rotatable bonds is 8. The third-order valence-electron chi connectivity index (χ3n) is 6.37. The summed E-state index contributed by atoms with van der Waals surface area (Å²) in [5, 5.41) is 10.1. The van der Waals surface area contributed by atoms with Gasteiger partial charge in [-0.3, -0.25) is 14.3 Å². The van der Waals surface area contributed by atoms with Crippen molar-refractivity contribution < 1.29 is 18.0 Å². The van der Waals surface area contributed by atoms with Gasteiger partial charge >= 0.3 is 0 Å². The highest BCUT2D eigenvalue weighted by molar-refractivity contribution is 7.89. The number of aryl methyl sites for hydroxylation is 2. The Morgan fingerprint density at radius 1 is 1.12 bits per heavy atom. The summed E-state index contributed by atoms with van der Waals surface area (Å²) >= 11 is 0. The van der Waals surface area contributed by atoms with Crippen LogP contribution in [0.25, 0.3) is 0 Å². The molecule has 2 aromatic rings. The Hall–Kier alpha value is -2.72. The first-order valence-corrected chi connectivity index (χ1v) is 13.2. The van der Waals surface area contributed by atoms with Crippen LogP contribution in [0.15, 0.2) is 29.2 Å². The molecule has 0 bridgehead atoms. The highest BCUT2D eigenvalue weighted by atomic mass is 32.2. The molecule has 1 fully saturated rings. The molecular formula is C24H35N5O4S. The van der Waals surface area contributed by atoms with E-state index >= 15 is 0 Å². The number of benzene rings is 1. The summed E-state index contributed by atoms with van der Waals surface area (Å²) in [6.07, 6.45) is 1.81. The first kappa shape index (κ1) is 25.9. The molecule has 10 heteroatoms. The summed E-state index contributed by atoms with van der Waals surface area (Å²) in [6, 6.07) is 7.55. The molecule has 1 aliphatic heterocycles. The van der Waals surface area contributed by atoms with Gasteiger partial charge in [0.15, 0.2) is 0 Å². The van der Waals surface area contributed by atoms with Crippen molar-refractivity contribution in [1.29, 1.82) is 0 Å². The molecule has 2 N–H and O–H groups in total. The predicted molar refractivity (Wildman–Crippen MR) is 131 cm³/mol. The first-order valence-electron chi connectivity index (χ1n) is 11.7. The molecule has 1 aliphatic rings. The number of amides is 2. The molecule has 1 saturated heterocycles. The maximum absolute atomic E-state index is 13.4. The molecule has 186 valence electrons. The van der Waals surface area contributed by atoms with Gasteiger partial charge in [-0.15, -0.1) is 0 Å². The van der Waals surface area contributed by atoms with Crippen molar-refractivity contribution in [3.8, 4) is 0 Å². The number of hydrogen-bond acceptors (Lipinski definition) is 5. The lowest BCUT2D eigenvalue weighted by molar-refractivity contribution is -0.126. The molecule has 34 heavy (non-hydrogen) atoms. The Morgan fingerprint density at radius 3 is 2.32 bits per heavy atom. The van der Waals surface area contributed by atoms with Crippen LogP contribution in [0.5, 0.6) is 0 Å². The summed E-state index contributed by atoms with van der Waals surface area (Å²) < 4.78 is 29.7. The number of anilines is 1. The van der Waals surface area contributed by atoms with E-state index in [4.69, 9.17) is 0 Å². The molecule has 2 heterocycles. The molecule has 0 radical (unpaired) electrons. The SMILES string of the molecule is CC[C@@H](C)NC(=O)C1CCN(S(=O)(=O)c2c(C)nn(CC(=O)Nc3ccc(C)cc3)c2C)CC1. The predicted octanol–water partition coefficient (Wildman–Crippen LogP) is 2.76. The van der Waals surface area contributed by atoms with Crippen LogP contribution in [0.3, 0.4) is 0 Å². The quantitative estimate of drug-likeness (QED) is 0.592. The van der Waals surface area contributed by atoms with Gasteiger partial charge in [-0.1, -0.05) is 24.6 Å². The van der Waals surface area contributed by atoms with Crippen LogP contribution in [-0.2, 0) is 26.2 Å². The zero-order chi connectivity index (χ0) is 25.0. The van der Waals surface area contributed by atoms with E-state index in [2.05, 4.69) is 15.7 Å². The number of carbonyl (C=O) groups is 2. The van der Waals surface area contributed by atoms with E-state index in [0.29, 0.717) is 29.9 Å². The van der Waals surface area contributed by atoms with Crippen molar-refractivity contribution in [1.82, 2.24) is 19.4 Å². The molecule has 0 spiro atoms. The highest BCUT2D eigenvalue weighted by Gasteiger charge is 2.35. The maximum atomic E-state index is 13.4. The van der Waals surface area contributed by atoms with Crippen LogP contribution in [-0.4, -0.2) is 53.4 Å². The zero-order valence-corrected chi connectivity index (χ0v) is 21.4. The normalized spacial score (nSPS) is 16.3. The monoisotopic (exact) mass is 489 g/mol. The number of nitrogens with zero attached hydrogens (tertiary/aromatic N) is 3. The second kappa shape index (κ2) is 10.7. The van der Waals surface area contributed by atoms with Gasteiger partial charge in [0.1, 0.15) is 11.4 Å². The lowest BCUT2D eigenvalue weighted by Gasteiger charge is -2.31. The standard InChI is InChI=1S/C24H35N5O4S/c1-6-17(3)25-24(31)20-11-13-28(14-12-20)34(32,33)23-18(4)27-29(19(23)5)15-22(30)26-21-9-7-16(2)8-10-21/h7-10,17,20H,6,11-15H2,1-5H3,(H,25,31)(H,26,30)/t17-/m1/s1. The highest BCUT2D eigenvalue weighted by Crippen LogP contribution is 2.28. The first-order chi connectivity index (χ1) is 16.0. The molecule has 0 unspecified atom stereocenters. The average Bonchev–Trinajstić information content (AvgIpc) is 3.08. The van der Waals surface area contributed by atoms with Gasteiger partial charge in [-0.05, 0) is 59.1 Å². The number of piperidine rings is 1. The Balaban J connectivity index is 1.68. The van der Waals surface area contributed by atoms with Gasteiger partial charge in [-0.2, -0.15) is 9.40 Å². The lowest BCUT2D eigenvalue weighted by Crippen LogP contribution is -2.44. The van der Waals surface area contributed by atoms with Crippen LogP contribution in [0.2, 0.25) is 0 Å². The molecule has 1 aromatic carbocycles. The maximum Gasteiger partial charge on any atom is 0.246 e.